The van der Waals surface area contributed by atoms with Gasteiger partial charge in [0.05, 0.1) is 7.11 Å². The minimum atomic E-state index is -0.459. The minimum absolute atomic E-state index is 0.0931. The molecule has 0 aromatic carbocycles. The van der Waals surface area contributed by atoms with E-state index < -0.39 is 5.54 Å². The molecule has 0 radical (unpaired) electrons. The lowest BCUT2D eigenvalue weighted by molar-refractivity contribution is -0.150. The van der Waals surface area contributed by atoms with E-state index >= 15 is 0 Å². The first-order valence-electron chi connectivity index (χ1n) is 6.22. The summed E-state index contributed by atoms with van der Waals surface area (Å²) >= 11 is 0. The number of nitrogens with one attached hydrogen (secondary N) is 1. The Morgan fingerprint density at radius 1 is 1.44 bits per heavy atom. The van der Waals surface area contributed by atoms with E-state index in [1.807, 2.05) is 7.05 Å². The smallest absolute Gasteiger partial charge is 0.327 e. The van der Waals surface area contributed by atoms with Crippen molar-refractivity contribution < 1.29 is 9.53 Å². The molecule has 1 heterocycles. The van der Waals surface area contributed by atoms with Crippen LogP contribution in [0.2, 0.25) is 0 Å². The Morgan fingerprint density at radius 3 is 2.50 bits per heavy atom. The van der Waals surface area contributed by atoms with Gasteiger partial charge in [0.2, 0.25) is 0 Å². The molecule has 1 aliphatic carbocycles. The number of hydrogen-bond acceptors (Lipinski definition) is 4. The predicted molar refractivity (Wildman–Crippen MR) is 62.2 cm³/mol. The summed E-state index contributed by atoms with van der Waals surface area (Å²) in [6, 6.07) is 0. The van der Waals surface area contributed by atoms with Crippen LogP contribution in [0.3, 0.4) is 0 Å². The summed E-state index contributed by atoms with van der Waals surface area (Å²) in [7, 11) is 3.37. The molecule has 0 aromatic rings. The zero-order valence-corrected chi connectivity index (χ0v) is 10.3. The number of likely N-dealkylation sites (tertiary alicyclic amines) is 1. The second kappa shape index (κ2) is 4.72. The van der Waals surface area contributed by atoms with Crippen LogP contribution in [0, 0.1) is 5.92 Å². The molecule has 1 saturated carbocycles. The zero-order valence-electron chi connectivity index (χ0n) is 10.3. The van der Waals surface area contributed by atoms with Gasteiger partial charge < -0.3 is 15.0 Å². The number of carbonyl (C=O) groups is 1. The van der Waals surface area contributed by atoms with Gasteiger partial charge in [-0.05, 0) is 51.7 Å². The number of ether oxygens (including phenoxy) is 1. The predicted octanol–water partition coefficient (Wildman–Crippen LogP) is 0.623. The Morgan fingerprint density at radius 2 is 2.06 bits per heavy atom. The number of nitrogens with zero attached hydrogens (tertiary/aromatic N) is 1. The van der Waals surface area contributed by atoms with Gasteiger partial charge in [-0.3, -0.25) is 0 Å². The Balaban J connectivity index is 2.08. The SMILES string of the molecule is CNC(CN1CCCC1)(C(=O)OC)C1CC1. The van der Waals surface area contributed by atoms with Crippen molar-refractivity contribution >= 4 is 5.97 Å². The molecular formula is C12H22N2O2. The van der Waals surface area contributed by atoms with Crippen LogP contribution in [-0.4, -0.2) is 50.2 Å². The van der Waals surface area contributed by atoms with Crippen molar-refractivity contribution in [2.75, 3.05) is 33.8 Å². The van der Waals surface area contributed by atoms with Gasteiger partial charge in [-0.25, -0.2) is 4.79 Å². The van der Waals surface area contributed by atoms with Gasteiger partial charge in [0.25, 0.3) is 0 Å². The highest BCUT2D eigenvalue weighted by Gasteiger charge is 2.51. The van der Waals surface area contributed by atoms with Crippen LogP contribution in [0.5, 0.6) is 0 Å². The van der Waals surface area contributed by atoms with E-state index in [4.69, 9.17) is 4.74 Å². The molecule has 2 aliphatic rings. The Labute approximate surface area is 97.3 Å². The van der Waals surface area contributed by atoms with Crippen LogP contribution in [0.15, 0.2) is 0 Å². The maximum atomic E-state index is 12.0. The Hall–Kier alpha value is -0.610. The van der Waals surface area contributed by atoms with Crippen molar-refractivity contribution in [3.63, 3.8) is 0 Å². The fourth-order valence-corrected chi connectivity index (χ4v) is 2.80. The summed E-state index contributed by atoms with van der Waals surface area (Å²) in [5.74, 6) is 0.370. The minimum Gasteiger partial charge on any atom is -0.468 e. The standard InChI is InChI=1S/C12H22N2O2/c1-13-12(10-5-6-10,11(15)16-2)9-14-7-3-4-8-14/h10,13H,3-9H2,1-2H3. The summed E-state index contributed by atoms with van der Waals surface area (Å²) in [5, 5.41) is 3.24. The molecule has 1 atom stereocenters. The van der Waals surface area contributed by atoms with Crippen molar-refractivity contribution in [3.8, 4) is 0 Å². The molecule has 2 rings (SSSR count). The van der Waals surface area contributed by atoms with E-state index in [1.165, 1.54) is 20.0 Å². The van der Waals surface area contributed by atoms with Crippen molar-refractivity contribution in [1.29, 1.82) is 0 Å². The van der Waals surface area contributed by atoms with E-state index in [9.17, 15) is 4.79 Å². The Kier molecular flexibility index (Phi) is 3.50. The molecule has 1 aliphatic heterocycles. The average Bonchev–Trinajstić information content (AvgIpc) is 3.04. The van der Waals surface area contributed by atoms with Crippen LogP contribution in [0.4, 0.5) is 0 Å². The molecule has 16 heavy (non-hydrogen) atoms. The summed E-state index contributed by atoms with van der Waals surface area (Å²) < 4.78 is 4.99. The summed E-state index contributed by atoms with van der Waals surface area (Å²) in [6.07, 6.45) is 4.80. The van der Waals surface area contributed by atoms with Crippen LogP contribution in [-0.2, 0) is 9.53 Å². The molecule has 0 spiro atoms. The van der Waals surface area contributed by atoms with Gasteiger partial charge in [-0.2, -0.15) is 0 Å². The van der Waals surface area contributed by atoms with Gasteiger partial charge in [-0.15, -0.1) is 0 Å². The van der Waals surface area contributed by atoms with E-state index in [0.717, 1.165) is 32.5 Å². The van der Waals surface area contributed by atoms with Crippen LogP contribution >= 0.6 is 0 Å². The van der Waals surface area contributed by atoms with Crippen molar-refractivity contribution in [2.45, 2.75) is 31.2 Å². The van der Waals surface area contributed by atoms with E-state index in [1.54, 1.807) is 0 Å². The highest BCUT2D eigenvalue weighted by atomic mass is 16.5. The lowest BCUT2D eigenvalue weighted by atomic mass is 9.92. The third-order valence-electron chi connectivity index (χ3n) is 3.94. The molecule has 1 saturated heterocycles. The van der Waals surface area contributed by atoms with Crippen molar-refractivity contribution in [1.82, 2.24) is 10.2 Å². The van der Waals surface area contributed by atoms with Gasteiger partial charge in [0.15, 0.2) is 0 Å². The second-order valence-corrected chi connectivity index (χ2v) is 4.97. The Bertz CT molecular complexity index is 260. The molecular weight excluding hydrogens is 204 g/mol. The van der Waals surface area contributed by atoms with E-state index in [0.29, 0.717) is 5.92 Å². The maximum absolute atomic E-state index is 12.0. The normalized spacial score (nSPS) is 25.4. The van der Waals surface area contributed by atoms with Crippen LogP contribution < -0.4 is 5.32 Å². The third kappa shape index (κ3) is 2.09. The molecule has 4 heteroatoms. The molecule has 0 aromatic heterocycles. The number of hydrogen-bond donors (Lipinski definition) is 1. The highest BCUT2D eigenvalue weighted by Crippen LogP contribution is 2.41. The number of likely N-dealkylation sites (N-methyl/N-ethyl adjacent to an activating group) is 1. The molecule has 1 unspecified atom stereocenters. The van der Waals surface area contributed by atoms with Crippen molar-refractivity contribution in [2.24, 2.45) is 5.92 Å². The first-order chi connectivity index (χ1) is 7.73. The molecule has 2 fully saturated rings. The fraction of sp³-hybridized carbons (Fsp3) is 0.917. The highest BCUT2D eigenvalue weighted by molar-refractivity contribution is 5.82. The summed E-state index contributed by atoms with van der Waals surface area (Å²) in [5.41, 5.74) is -0.459. The number of carbonyl (C=O) groups excluding carboxylic acids is 1. The first-order valence-corrected chi connectivity index (χ1v) is 6.22. The van der Waals surface area contributed by atoms with Gasteiger partial charge >= 0.3 is 5.97 Å². The fourth-order valence-electron chi connectivity index (χ4n) is 2.80. The zero-order chi connectivity index (χ0) is 11.6. The molecule has 0 bridgehead atoms. The quantitative estimate of drug-likeness (QED) is 0.698. The monoisotopic (exact) mass is 226 g/mol. The number of methoxy groups -OCH3 is 1. The molecule has 1 N–H and O–H groups in total. The third-order valence-corrected chi connectivity index (χ3v) is 3.94. The largest absolute Gasteiger partial charge is 0.468 e. The summed E-state index contributed by atoms with van der Waals surface area (Å²) in [6.45, 7) is 3.04. The molecule has 92 valence electrons. The topological polar surface area (TPSA) is 41.6 Å². The van der Waals surface area contributed by atoms with E-state index in [2.05, 4.69) is 10.2 Å². The first kappa shape index (κ1) is 11.9. The van der Waals surface area contributed by atoms with E-state index in [-0.39, 0.29) is 5.97 Å². The van der Waals surface area contributed by atoms with Crippen LogP contribution in [0.1, 0.15) is 25.7 Å². The second-order valence-electron chi connectivity index (χ2n) is 4.97. The maximum Gasteiger partial charge on any atom is 0.327 e. The average molecular weight is 226 g/mol. The van der Waals surface area contributed by atoms with Crippen molar-refractivity contribution in [3.05, 3.63) is 0 Å². The lowest BCUT2D eigenvalue weighted by Crippen LogP contribution is -2.59. The lowest BCUT2D eigenvalue weighted by Gasteiger charge is -2.34. The van der Waals surface area contributed by atoms with Gasteiger partial charge in [0, 0.05) is 6.54 Å². The molecule has 0 amide bonds. The molecule has 4 nitrogen and oxygen atoms in total. The summed E-state index contributed by atoms with van der Waals surface area (Å²) in [4.78, 5) is 14.4. The van der Waals surface area contributed by atoms with Crippen LogP contribution in [0.25, 0.3) is 0 Å². The number of rotatable bonds is 5. The van der Waals surface area contributed by atoms with Gasteiger partial charge in [0.1, 0.15) is 5.54 Å². The number of esters is 1. The van der Waals surface area contributed by atoms with Gasteiger partial charge in [-0.1, -0.05) is 0 Å².